The van der Waals surface area contributed by atoms with E-state index in [1.807, 2.05) is 5.94 Å². The second kappa shape index (κ2) is 11.8. The molecular weight excluding hydrogens is 518 g/mol. The Morgan fingerprint density at radius 1 is 1.10 bits per heavy atom. The number of hydrogen-bond donors (Lipinski definition) is 2. The molecule has 1 amide bonds. The maximum absolute atomic E-state index is 15.2. The number of halogens is 4. The van der Waals surface area contributed by atoms with Crippen LogP contribution >= 0.6 is 0 Å². The van der Waals surface area contributed by atoms with Crippen LogP contribution in [0.3, 0.4) is 0 Å². The number of likely N-dealkylation sites (N-methyl/N-ethyl adjacent to an activating group) is 1. The number of benzene rings is 1. The Balaban J connectivity index is 1.83. The lowest BCUT2D eigenvalue weighted by Crippen LogP contribution is -2.47. The molecule has 1 aromatic rings. The molecule has 2 aliphatic carbocycles. The predicted octanol–water partition coefficient (Wildman–Crippen LogP) is 5.60. The van der Waals surface area contributed by atoms with Gasteiger partial charge in [-0.3, -0.25) is 0 Å². The van der Waals surface area contributed by atoms with Crippen molar-refractivity contribution in [3.05, 3.63) is 41.0 Å². The van der Waals surface area contributed by atoms with Gasteiger partial charge in [-0.2, -0.15) is 13.2 Å². The Kier molecular flexibility index (Phi) is 9.19. The second-order valence-corrected chi connectivity index (χ2v) is 11.4. The molecule has 0 bridgehead atoms. The van der Waals surface area contributed by atoms with E-state index in [1.165, 1.54) is 25.0 Å². The van der Waals surface area contributed by atoms with Gasteiger partial charge in [0.15, 0.2) is 0 Å². The second-order valence-electron chi connectivity index (χ2n) is 11.4. The van der Waals surface area contributed by atoms with E-state index in [1.54, 1.807) is 20.8 Å². The van der Waals surface area contributed by atoms with Gasteiger partial charge >= 0.3 is 12.3 Å². The predicted molar refractivity (Wildman–Crippen MR) is 138 cm³/mol. The van der Waals surface area contributed by atoms with Crippen LogP contribution in [-0.4, -0.2) is 54.3 Å². The van der Waals surface area contributed by atoms with Gasteiger partial charge in [0.1, 0.15) is 41.2 Å². The number of ether oxygens (including phenoxy) is 1. The molecule has 1 aromatic carbocycles. The minimum Gasteiger partial charge on any atom is -0.444 e. The maximum Gasteiger partial charge on any atom is 0.408 e. The van der Waals surface area contributed by atoms with Crippen molar-refractivity contribution in [3.8, 4) is 0 Å². The van der Waals surface area contributed by atoms with E-state index in [0.717, 1.165) is 43.7 Å². The molecule has 0 heterocycles. The summed E-state index contributed by atoms with van der Waals surface area (Å²) < 4.78 is 59.1. The first-order valence-electron chi connectivity index (χ1n) is 13.0. The number of rotatable bonds is 11. The van der Waals surface area contributed by atoms with Gasteiger partial charge in [0.05, 0.1) is 11.7 Å². The molecule has 0 radical (unpaired) electrons. The first-order chi connectivity index (χ1) is 18.1. The van der Waals surface area contributed by atoms with Crippen molar-refractivity contribution in [2.45, 2.75) is 77.1 Å². The summed E-state index contributed by atoms with van der Waals surface area (Å²) >= 11 is 0. The first kappa shape index (κ1) is 30.3. The smallest absolute Gasteiger partial charge is 0.408 e. The fourth-order valence-corrected chi connectivity index (χ4v) is 4.91. The maximum atomic E-state index is 15.2. The van der Waals surface area contributed by atoms with E-state index in [2.05, 4.69) is 10.6 Å². The van der Waals surface area contributed by atoms with Gasteiger partial charge in [-0.1, -0.05) is 13.0 Å². The van der Waals surface area contributed by atoms with E-state index in [4.69, 9.17) is 4.74 Å². The van der Waals surface area contributed by atoms with Crippen LogP contribution < -0.4 is 10.6 Å². The molecule has 7 nitrogen and oxygen atoms in total. The zero-order valence-electron chi connectivity index (χ0n) is 22.7. The van der Waals surface area contributed by atoms with Gasteiger partial charge in [0.2, 0.25) is 0 Å². The van der Waals surface area contributed by atoms with Gasteiger partial charge < -0.3 is 20.3 Å². The highest BCUT2D eigenvalue weighted by Crippen LogP contribution is 2.51. The highest BCUT2D eigenvalue weighted by Gasteiger charge is 2.48. The Labute approximate surface area is 225 Å². The SMILES string of the molecule is CC(C(=C=O)N(C)CC(F)(F)F)c1ccc(NC(=C=O)[C@@H](NC(=O)OC(C)(C)C)C(C2CC2)C2CC2)c(F)c1. The molecule has 0 saturated heterocycles. The number of carbonyl (C=O) groups is 1. The van der Waals surface area contributed by atoms with Gasteiger partial charge in [-0.15, -0.1) is 0 Å². The fourth-order valence-electron chi connectivity index (χ4n) is 4.91. The third-order valence-corrected chi connectivity index (χ3v) is 6.92. The number of amides is 1. The van der Waals surface area contributed by atoms with E-state index in [9.17, 15) is 27.6 Å². The summed E-state index contributed by atoms with van der Waals surface area (Å²) in [6, 6.07) is 3.10. The summed E-state index contributed by atoms with van der Waals surface area (Å²) in [7, 11) is 1.12. The molecule has 2 saturated carbocycles. The Bertz CT molecular complexity index is 1150. The highest BCUT2D eigenvalue weighted by molar-refractivity contribution is 5.72. The van der Waals surface area contributed by atoms with E-state index in [0.29, 0.717) is 11.8 Å². The van der Waals surface area contributed by atoms with Crippen LogP contribution in [0.15, 0.2) is 29.6 Å². The van der Waals surface area contributed by atoms with Gasteiger partial charge in [-0.25, -0.2) is 18.8 Å². The number of alkyl carbamates (subject to hydrolysis) is 1. The van der Waals surface area contributed by atoms with Crippen LogP contribution in [0, 0.1) is 23.6 Å². The van der Waals surface area contributed by atoms with Crippen LogP contribution in [0.25, 0.3) is 0 Å². The average molecular weight is 554 g/mol. The lowest BCUT2D eigenvalue weighted by atomic mass is 9.87. The average Bonchev–Trinajstić information content (AvgIpc) is 3.71. The summed E-state index contributed by atoms with van der Waals surface area (Å²) in [5.74, 6) is 2.31. The zero-order valence-corrected chi connectivity index (χ0v) is 22.7. The van der Waals surface area contributed by atoms with Crippen LogP contribution in [0.2, 0.25) is 0 Å². The summed E-state index contributed by atoms with van der Waals surface area (Å²) in [4.78, 5) is 37.0. The normalized spacial score (nSPS) is 17.0. The van der Waals surface area contributed by atoms with Crippen molar-refractivity contribution in [3.63, 3.8) is 0 Å². The van der Waals surface area contributed by atoms with Crippen molar-refractivity contribution in [1.82, 2.24) is 10.2 Å². The number of hydrogen-bond acceptors (Lipinski definition) is 6. The molecule has 2 fully saturated rings. The molecular formula is C28H35F4N3O4. The third-order valence-electron chi connectivity index (χ3n) is 6.92. The van der Waals surface area contributed by atoms with Gasteiger partial charge in [0.25, 0.3) is 0 Å². The van der Waals surface area contributed by atoms with Crippen LogP contribution in [0.5, 0.6) is 0 Å². The fraction of sp³-hybridized carbons (Fsp3) is 0.607. The topological polar surface area (TPSA) is 87.7 Å². The van der Waals surface area contributed by atoms with E-state index < -0.39 is 42.2 Å². The van der Waals surface area contributed by atoms with Crippen molar-refractivity contribution in [2.75, 3.05) is 18.9 Å². The largest absolute Gasteiger partial charge is 0.444 e. The Hall–Kier alpha value is -3.29. The molecule has 1 unspecified atom stereocenters. The summed E-state index contributed by atoms with van der Waals surface area (Å²) in [5, 5.41) is 5.58. The monoisotopic (exact) mass is 553 g/mol. The van der Waals surface area contributed by atoms with Crippen molar-refractivity contribution < 1.29 is 36.7 Å². The summed E-state index contributed by atoms with van der Waals surface area (Å²) in [6.07, 6.45) is -1.36. The number of nitrogens with one attached hydrogen (secondary N) is 2. The van der Waals surface area contributed by atoms with Crippen molar-refractivity contribution in [1.29, 1.82) is 0 Å². The molecule has 11 heteroatoms. The van der Waals surface area contributed by atoms with Gasteiger partial charge in [-0.05, 0) is 81.9 Å². The van der Waals surface area contributed by atoms with E-state index >= 15 is 4.39 Å². The molecule has 2 aliphatic rings. The van der Waals surface area contributed by atoms with E-state index in [-0.39, 0.29) is 28.6 Å². The number of allylic oxidation sites excluding steroid dienone is 1. The van der Waals surface area contributed by atoms with Gasteiger partial charge in [0, 0.05) is 13.0 Å². The Morgan fingerprint density at radius 2 is 1.69 bits per heavy atom. The number of alkyl halides is 3. The quantitative estimate of drug-likeness (QED) is 0.274. The third kappa shape index (κ3) is 8.60. The first-order valence-corrected chi connectivity index (χ1v) is 13.0. The van der Waals surface area contributed by atoms with Crippen LogP contribution in [0.4, 0.5) is 28.0 Å². The highest BCUT2D eigenvalue weighted by atomic mass is 19.4. The molecule has 39 heavy (non-hydrogen) atoms. The molecule has 2 atom stereocenters. The molecule has 0 aromatic heterocycles. The Morgan fingerprint density at radius 3 is 2.13 bits per heavy atom. The molecule has 3 rings (SSSR count). The lowest BCUT2D eigenvalue weighted by molar-refractivity contribution is -0.139. The van der Waals surface area contributed by atoms with Crippen LogP contribution in [-0.2, 0) is 14.3 Å². The minimum absolute atomic E-state index is 0.0340. The van der Waals surface area contributed by atoms with Crippen molar-refractivity contribution >= 4 is 23.7 Å². The van der Waals surface area contributed by atoms with Crippen LogP contribution in [0.1, 0.15) is 64.9 Å². The number of carbonyl (C=O) groups excluding carboxylic acids is 3. The zero-order chi connectivity index (χ0) is 29.1. The molecule has 2 N–H and O–H groups in total. The lowest BCUT2D eigenvalue weighted by Gasteiger charge is -2.30. The number of nitrogens with zero attached hydrogens (tertiary/aromatic N) is 1. The molecule has 0 spiro atoms. The molecule has 214 valence electrons. The minimum atomic E-state index is -4.53. The summed E-state index contributed by atoms with van der Waals surface area (Å²) in [6.45, 7) is 5.29. The number of anilines is 1. The van der Waals surface area contributed by atoms with Crippen molar-refractivity contribution in [2.24, 2.45) is 17.8 Å². The summed E-state index contributed by atoms with van der Waals surface area (Å²) in [5.41, 5.74) is -0.907. The standard InChI is InChI=1S/C28H35F4N3O4/c1-16(23(14-37)35(5)15-28(30,31)32)19-10-11-21(20(29)12-19)33-22(13-36)25(34-26(38)39-27(2,3)4)24(17-6-7-17)18-8-9-18/h10-12,16-18,24-25,33H,6-9,15H2,1-5H3,(H,34,38)/t16?,25-/m1/s1. The molecule has 0 aliphatic heterocycles.